The molecule has 20 heteroatoms. The molecule has 0 aliphatic heterocycles. The molecule has 3 amide bonds. The summed E-state index contributed by atoms with van der Waals surface area (Å²) >= 11 is 0. The van der Waals surface area contributed by atoms with E-state index in [1.165, 1.54) is 0 Å². The summed E-state index contributed by atoms with van der Waals surface area (Å²) < 4.78 is 78.5. The molecular formula is C26H35F4N5O9P2. The topological polar surface area (TPSA) is 268 Å². The van der Waals surface area contributed by atoms with Crippen molar-refractivity contribution in [3.05, 3.63) is 70.8 Å². The van der Waals surface area contributed by atoms with E-state index in [0.717, 1.165) is 48.5 Å². The van der Waals surface area contributed by atoms with Gasteiger partial charge in [0.15, 0.2) is 0 Å². The van der Waals surface area contributed by atoms with Crippen molar-refractivity contribution < 1.29 is 60.6 Å². The van der Waals surface area contributed by atoms with Crippen molar-refractivity contribution in [2.75, 3.05) is 6.54 Å². The fourth-order valence-corrected chi connectivity index (χ4v) is 5.08. The van der Waals surface area contributed by atoms with Crippen molar-refractivity contribution in [3.8, 4) is 0 Å². The van der Waals surface area contributed by atoms with E-state index in [0.29, 0.717) is 19.4 Å². The molecule has 2 rings (SSSR count). The van der Waals surface area contributed by atoms with Crippen LogP contribution in [0.25, 0.3) is 0 Å². The van der Waals surface area contributed by atoms with Gasteiger partial charge in [-0.2, -0.15) is 17.6 Å². The molecule has 0 fully saturated rings. The van der Waals surface area contributed by atoms with Crippen LogP contribution in [0.5, 0.6) is 0 Å². The molecule has 0 bridgehead atoms. The third kappa shape index (κ3) is 10.1. The predicted octanol–water partition coefficient (Wildman–Crippen LogP) is 0.837. The smallest absolute Gasteiger partial charge is 0.368 e. The Bertz CT molecular complexity index is 1470. The number of benzene rings is 2. The van der Waals surface area contributed by atoms with E-state index in [1.807, 2.05) is 0 Å². The highest BCUT2D eigenvalue weighted by Crippen LogP contribution is 2.60. The highest BCUT2D eigenvalue weighted by atomic mass is 31.2. The molecule has 0 saturated carbocycles. The lowest BCUT2D eigenvalue weighted by Crippen LogP contribution is -2.56. The lowest BCUT2D eigenvalue weighted by molar-refractivity contribution is -0.131. The van der Waals surface area contributed by atoms with Crippen LogP contribution in [-0.4, -0.2) is 62.0 Å². The van der Waals surface area contributed by atoms with Gasteiger partial charge in [-0.1, -0.05) is 55.0 Å². The maximum Gasteiger partial charge on any atom is 0.399 e. The molecule has 14 nitrogen and oxygen atoms in total. The highest BCUT2D eigenvalue weighted by molar-refractivity contribution is 7.52. The fraction of sp³-hybridized carbons (Fsp3) is 0.423. The van der Waals surface area contributed by atoms with Crippen LogP contribution in [0.4, 0.5) is 17.6 Å². The SMILES string of the molecule is NCCCCC(N)C(=O)NC(Cc1ccc(C(F)(F)P(=O)(O)O)cc1)C(=O)NC(Cc1ccc(C(F)(F)P(=O)(O)O)cc1)C(N)=O. The highest BCUT2D eigenvalue weighted by Gasteiger charge is 2.51. The van der Waals surface area contributed by atoms with Crippen LogP contribution in [-0.2, 0) is 47.7 Å². The van der Waals surface area contributed by atoms with E-state index in [4.69, 9.17) is 36.8 Å². The van der Waals surface area contributed by atoms with Crippen LogP contribution < -0.4 is 27.8 Å². The zero-order chi connectivity index (χ0) is 35.1. The maximum absolute atomic E-state index is 14.1. The zero-order valence-corrected chi connectivity index (χ0v) is 25.9. The summed E-state index contributed by atoms with van der Waals surface area (Å²) in [6, 6.07) is 3.04. The molecule has 0 aliphatic carbocycles. The Hall–Kier alpha value is -3.21. The van der Waals surface area contributed by atoms with Crippen molar-refractivity contribution in [1.82, 2.24) is 10.6 Å². The lowest BCUT2D eigenvalue weighted by Gasteiger charge is -2.24. The number of unbranched alkanes of at least 4 members (excludes halogenated alkanes) is 1. The lowest BCUT2D eigenvalue weighted by atomic mass is 10.0. The Morgan fingerprint density at radius 2 is 1.11 bits per heavy atom. The van der Waals surface area contributed by atoms with Gasteiger partial charge in [-0.05, 0) is 30.5 Å². The Kier molecular flexibility index (Phi) is 13.2. The van der Waals surface area contributed by atoms with E-state index >= 15 is 0 Å². The minimum Gasteiger partial charge on any atom is -0.368 e. The summed E-state index contributed by atoms with van der Waals surface area (Å²) in [5.74, 6) is -2.84. The Balaban J connectivity index is 2.31. The quantitative estimate of drug-likeness (QED) is 0.0634. The van der Waals surface area contributed by atoms with Gasteiger partial charge in [0.2, 0.25) is 17.7 Å². The van der Waals surface area contributed by atoms with E-state index in [9.17, 15) is 41.1 Å². The Morgan fingerprint density at radius 3 is 1.48 bits per heavy atom. The van der Waals surface area contributed by atoms with E-state index in [1.54, 1.807) is 0 Å². The van der Waals surface area contributed by atoms with E-state index in [2.05, 4.69) is 10.6 Å². The van der Waals surface area contributed by atoms with Crippen molar-refractivity contribution in [1.29, 1.82) is 0 Å². The molecule has 256 valence electrons. The average molecular weight is 700 g/mol. The summed E-state index contributed by atoms with van der Waals surface area (Å²) in [5, 5.41) is 4.74. The minimum atomic E-state index is -5.86. The van der Waals surface area contributed by atoms with Crippen LogP contribution in [0.1, 0.15) is 41.5 Å². The number of hydrogen-bond acceptors (Lipinski definition) is 7. The second kappa shape index (κ2) is 15.6. The first-order chi connectivity index (χ1) is 21.1. The third-order valence-corrected chi connectivity index (χ3v) is 8.79. The third-order valence-electron chi connectivity index (χ3n) is 6.81. The Labute approximate surface area is 260 Å². The predicted molar refractivity (Wildman–Crippen MR) is 156 cm³/mol. The van der Waals surface area contributed by atoms with Crippen molar-refractivity contribution in [2.24, 2.45) is 17.2 Å². The molecule has 0 heterocycles. The van der Waals surface area contributed by atoms with E-state index in [-0.39, 0.29) is 30.4 Å². The molecular weight excluding hydrogens is 664 g/mol. The van der Waals surface area contributed by atoms with Gasteiger partial charge in [0, 0.05) is 24.0 Å². The van der Waals surface area contributed by atoms with E-state index < -0.39 is 73.5 Å². The maximum atomic E-state index is 14.1. The molecule has 12 N–H and O–H groups in total. The number of nitrogens with one attached hydrogen (secondary N) is 2. The zero-order valence-electron chi connectivity index (χ0n) is 24.1. The first-order valence-electron chi connectivity index (χ1n) is 13.5. The van der Waals surface area contributed by atoms with Crippen molar-refractivity contribution in [2.45, 2.75) is 61.6 Å². The van der Waals surface area contributed by atoms with Gasteiger partial charge in [0.25, 0.3) is 0 Å². The first-order valence-corrected chi connectivity index (χ1v) is 16.8. The molecule has 46 heavy (non-hydrogen) atoms. The molecule has 2 aromatic carbocycles. The molecule has 0 saturated heterocycles. The molecule has 2 aromatic rings. The van der Waals surface area contributed by atoms with Gasteiger partial charge in [-0.15, -0.1) is 0 Å². The summed E-state index contributed by atoms with van der Waals surface area (Å²) in [7, 11) is -11.7. The van der Waals surface area contributed by atoms with Gasteiger partial charge < -0.3 is 47.4 Å². The number of halogens is 4. The molecule has 0 aromatic heterocycles. The number of primary amides is 1. The van der Waals surface area contributed by atoms with Gasteiger partial charge in [0.1, 0.15) is 12.1 Å². The summed E-state index contributed by atoms with van der Waals surface area (Å²) in [6.07, 6.45) is 0.514. The second-order valence-electron chi connectivity index (χ2n) is 10.4. The number of amides is 3. The van der Waals surface area contributed by atoms with Gasteiger partial charge in [-0.25, -0.2) is 0 Å². The van der Waals surface area contributed by atoms with Gasteiger partial charge in [-0.3, -0.25) is 23.5 Å². The van der Waals surface area contributed by atoms with Crippen LogP contribution in [0, 0.1) is 0 Å². The van der Waals surface area contributed by atoms with Crippen LogP contribution in [0.15, 0.2) is 48.5 Å². The molecule has 0 radical (unpaired) electrons. The largest absolute Gasteiger partial charge is 0.399 e. The standard InChI is InChI=1S/C26H35F4N5O9P2/c27-25(28,45(39,40)41)17-8-4-15(5-9-17)13-20(22(33)36)34-24(38)21(35-23(37)19(32)3-1-2-12-31)14-16-6-10-18(11-7-16)26(29,30)46(42,43)44/h4-11,19-21H,1-3,12-14,31-32H2,(H2,33,36)(H,34,38)(H,35,37)(H2,39,40,41)(H2,42,43,44). The first kappa shape index (κ1) is 39.0. The van der Waals surface area contributed by atoms with Gasteiger partial charge in [0.05, 0.1) is 6.04 Å². The number of hydrogen-bond donors (Lipinski definition) is 9. The van der Waals surface area contributed by atoms with Crippen LogP contribution in [0.2, 0.25) is 0 Å². The fourth-order valence-electron chi connectivity index (χ4n) is 4.11. The summed E-state index contributed by atoms with van der Waals surface area (Å²) in [6.45, 7) is 0.347. The number of carbonyl (C=O) groups is 3. The molecule has 3 atom stereocenters. The van der Waals surface area contributed by atoms with Gasteiger partial charge >= 0.3 is 26.5 Å². The minimum absolute atomic E-state index is 0.151. The molecule has 0 spiro atoms. The van der Waals surface area contributed by atoms with Crippen LogP contribution >= 0.6 is 15.2 Å². The summed E-state index contributed by atoms with van der Waals surface area (Å²) in [5.41, 5.74) is 6.10. The number of carbonyl (C=O) groups excluding carboxylic acids is 3. The number of nitrogens with two attached hydrogens (primary N) is 3. The summed E-state index contributed by atoms with van der Waals surface area (Å²) in [4.78, 5) is 74.1. The molecule has 0 aliphatic rings. The van der Waals surface area contributed by atoms with Crippen molar-refractivity contribution >= 4 is 32.9 Å². The number of alkyl halides is 4. The molecule has 3 unspecified atom stereocenters. The number of rotatable bonds is 17. The normalized spacial score (nSPS) is 14.7. The van der Waals surface area contributed by atoms with Crippen LogP contribution in [0.3, 0.4) is 0 Å². The van der Waals surface area contributed by atoms with Crippen molar-refractivity contribution in [3.63, 3.8) is 0 Å². The average Bonchev–Trinajstić information content (AvgIpc) is 2.95. The second-order valence-corrected chi connectivity index (χ2v) is 13.7. The monoisotopic (exact) mass is 699 g/mol. The Morgan fingerprint density at radius 1 is 0.717 bits per heavy atom.